The highest BCUT2D eigenvalue weighted by molar-refractivity contribution is 8.14. The monoisotopic (exact) mass is 244 g/mol. The molecule has 0 aliphatic carbocycles. The minimum absolute atomic E-state index is 0.0166. The third-order valence-electron chi connectivity index (χ3n) is 3.14. The number of nitrogens with one attached hydrogen (secondary N) is 1. The van der Waals surface area contributed by atoms with Crippen molar-refractivity contribution in [3.8, 4) is 0 Å². The van der Waals surface area contributed by atoms with Gasteiger partial charge in [-0.15, -0.1) is 0 Å². The topological polar surface area (TPSA) is 69.6 Å². The number of carbonyl (C=O) groups excluding carboxylic acids is 2. The summed E-state index contributed by atoms with van der Waals surface area (Å²) in [6.07, 6.45) is 0.317. The summed E-state index contributed by atoms with van der Waals surface area (Å²) >= 11 is 1.15. The lowest BCUT2D eigenvalue weighted by molar-refractivity contribution is -0.136. The number of amides is 2. The summed E-state index contributed by atoms with van der Waals surface area (Å²) < 4.78 is 0. The molecule has 0 saturated carbocycles. The summed E-state index contributed by atoms with van der Waals surface area (Å²) in [5, 5.41) is 12.1. The normalized spacial score (nSPS) is 35.0. The molecule has 0 bridgehead atoms. The van der Waals surface area contributed by atoms with Gasteiger partial charge in [0.25, 0.3) is 5.24 Å². The fourth-order valence-corrected chi connectivity index (χ4v) is 2.84. The Labute approximate surface area is 98.6 Å². The van der Waals surface area contributed by atoms with Crippen LogP contribution in [0.25, 0.3) is 0 Å². The number of piperidine rings is 1. The van der Waals surface area contributed by atoms with Gasteiger partial charge in [0.2, 0.25) is 5.91 Å². The smallest absolute Gasteiger partial charge is 0.279 e. The lowest BCUT2D eigenvalue weighted by Gasteiger charge is -2.35. The molecule has 2 heterocycles. The minimum atomic E-state index is -0.375. The van der Waals surface area contributed by atoms with E-state index in [1.54, 1.807) is 4.90 Å². The van der Waals surface area contributed by atoms with Gasteiger partial charge < -0.3 is 15.3 Å². The molecule has 3 atom stereocenters. The van der Waals surface area contributed by atoms with Crippen molar-refractivity contribution in [3.05, 3.63) is 0 Å². The average molecular weight is 244 g/mol. The molecule has 2 amide bonds. The Morgan fingerprint density at radius 2 is 2.38 bits per heavy atom. The van der Waals surface area contributed by atoms with Crippen molar-refractivity contribution in [1.29, 1.82) is 0 Å². The predicted octanol–water partition coefficient (Wildman–Crippen LogP) is 0.0407. The zero-order valence-corrected chi connectivity index (χ0v) is 10.00. The van der Waals surface area contributed by atoms with Gasteiger partial charge in [-0.3, -0.25) is 9.59 Å². The van der Waals surface area contributed by atoms with Gasteiger partial charge in [-0.2, -0.15) is 0 Å². The van der Waals surface area contributed by atoms with Gasteiger partial charge in [0.15, 0.2) is 0 Å². The Morgan fingerprint density at radius 3 is 2.94 bits per heavy atom. The van der Waals surface area contributed by atoms with Crippen molar-refractivity contribution in [3.63, 3.8) is 0 Å². The molecule has 0 spiro atoms. The van der Waals surface area contributed by atoms with Crippen LogP contribution in [0.15, 0.2) is 0 Å². The van der Waals surface area contributed by atoms with Crippen LogP contribution in [-0.2, 0) is 4.79 Å². The van der Waals surface area contributed by atoms with Crippen LogP contribution in [0.2, 0.25) is 0 Å². The first kappa shape index (κ1) is 11.7. The third-order valence-corrected chi connectivity index (χ3v) is 4.02. The summed E-state index contributed by atoms with van der Waals surface area (Å²) in [4.78, 5) is 24.8. The van der Waals surface area contributed by atoms with Crippen molar-refractivity contribution in [2.24, 2.45) is 5.92 Å². The molecule has 0 aromatic carbocycles. The fourth-order valence-electron chi connectivity index (χ4n) is 2.07. The van der Waals surface area contributed by atoms with Gasteiger partial charge in [-0.25, -0.2) is 0 Å². The molecule has 2 rings (SSSR count). The molecule has 0 radical (unpaired) electrons. The van der Waals surface area contributed by atoms with E-state index >= 15 is 0 Å². The van der Waals surface area contributed by atoms with Gasteiger partial charge in [-0.1, -0.05) is 18.7 Å². The highest BCUT2D eigenvalue weighted by Gasteiger charge is 2.34. The fraction of sp³-hybridized carbons (Fsp3) is 0.800. The number of hydrogen-bond acceptors (Lipinski definition) is 4. The standard InChI is InChI=1S/C10H16N2O3S/c1-6-4-12(3-2-8(6)13)9(14)7-5-16-10(15)11-7/h6-8,13H,2-5H2,1H3,(H,11,15). The van der Waals surface area contributed by atoms with Crippen LogP contribution in [-0.4, -0.2) is 52.1 Å². The zero-order valence-electron chi connectivity index (χ0n) is 9.18. The Bertz CT molecular complexity index is 310. The number of likely N-dealkylation sites (tertiary alicyclic amines) is 1. The van der Waals surface area contributed by atoms with E-state index < -0.39 is 0 Å². The van der Waals surface area contributed by atoms with E-state index in [1.807, 2.05) is 6.92 Å². The summed E-state index contributed by atoms with van der Waals surface area (Å²) in [6.45, 7) is 3.10. The van der Waals surface area contributed by atoms with Crippen LogP contribution in [0.1, 0.15) is 13.3 Å². The summed E-state index contributed by atoms with van der Waals surface area (Å²) in [6, 6.07) is -0.375. The molecule has 0 aromatic heterocycles. The molecule has 90 valence electrons. The summed E-state index contributed by atoms with van der Waals surface area (Å²) in [7, 11) is 0. The number of aliphatic hydroxyl groups is 1. The lowest BCUT2D eigenvalue weighted by atomic mass is 9.96. The first-order valence-electron chi connectivity index (χ1n) is 5.48. The Morgan fingerprint density at radius 1 is 1.62 bits per heavy atom. The van der Waals surface area contributed by atoms with E-state index in [9.17, 15) is 14.7 Å². The van der Waals surface area contributed by atoms with E-state index in [2.05, 4.69) is 5.32 Å². The zero-order chi connectivity index (χ0) is 11.7. The van der Waals surface area contributed by atoms with Crippen molar-refractivity contribution in [2.75, 3.05) is 18.8 Å². The molecule has 16 heavy (non-hydrogen) atoms. The van der Waals surface area contributed by atoms with Crippen LogP contribution in [0.5, 0.6) is 0 Å². The highest BCUT2D eigenvalue weighted by atomic mass is 32.2. The van der Waals surface area contributed by atoms with Crippen LogP contribution in [0.4, 0.5) is 4.79 Å². The van der Waals surface area contributed by atoms with Gasteiger partial charge >= 0.3 is 0 Å². The molecule has 2 aliphatic heterocycles. The van der Waals surface area contributed by atoms with Crippen LogP contribution >= 0.6 is 11.8 Å². The van der Waals surface area contributed by atoms with E-state index in [4.69, 9.17) is 0 Å². The van der Waals surface area contributed by atoms with E-state index in [1.165, 1.54) is 0 Å². The molecule has 0 aromatic rings. The van der Waals surface area contributed by atoms with Crippen molar-refractivity contribution in [2.45, 2.75) is 25.5 Å². The third kappa shape index (κ3) is 2.32. The van der Waals surface area contributed by atoms with Crippen molar-refractivity contribution >= 4 is 22.9 Å². The lowest BCUT2D eigenvalue weighted by Crippen LogP contribution is -2.51. The maximum Gasteiger partial charge on any atom is 0.279 e. The van der Waals surface area contributed by atoms with Crippen LogP contribution in [0, 0.1) is 5.92 Å². The number of aliphatic hydroxyl groups excluding tert-OH is 1. The molecule has 2 N–H and O–H groups in total. The van der Waals surface area contributed by atoms with Gasteiger partial charge in [0.1, 0.15) is 6.04 Å². The Balaban J connectivity index is 1.92. The number of carbonyl (C=O) groups is 2. The summed E-state index contributed by atoms with van der Waals surface area (Å²) in [5.74, 6) is 0.616. The maximum absolute atomic E-state index is 12.0. The average Bonchev–Trinajstić information content (AvgIpc) is 2.68. The van der Waals surface area contributed by atoms with E-state index in [0.717, 1.165) is 11.8 Å². The van der Waals surface area contributed by atoms with Crippen molar-refractivity contribution in [1.82, 2.24) is 10.2 Å². The first-order chi connectivity index (χ1) is 7.58. The molecule has 2 aliphatic rings. The van der Waals surface area contributed by atoms with E-state index in [0.29, 0.717) is 25.3 Å². The number of nitrogens with zero attached hydrogens (tertiary/aromatic N) is 1. The molecule has 5 nitrogen and oxygen atoms in total. The second-order valence-corrected chi connectivity index (χ2v) is 5.41. The van der Waals surface area contributed by atoms with Gasteiger partial charge in [0.05, 0.1) is 6.10 Å². The Kier molecular flexibility index (Phi) is 3.39. The molecule has 2 fully saturated rings. The minimum Gasteiger partial charge on any atom is -0.393 e. The molecule has 6 heteroatoms. The number of hydrogen-bond donors (Lipinski definition) is 2. The van der Waals surface area contributed by atoms with Gasteiger partial charge in [-0.05, 0) is 12.3 Å². The first-order valence-corrected chi connectivity index (χ1v) is 6.46. The largest absolute Gasteiger partial charge is 0.393 e. The van der Waals surface area contributed by atoms with Crippen LogP contribution in [0.3, 0.4) is 0 Å². The second kappa shape index (κ2) is 4.63. The highest BCUT2D eigenvalue weighted by Crippen LogP contribution is 2.20. The molecular formula is C10H16N2O3S. The number of rotatable bonds is 1. The van der Waals surface area contributed by atoms with Gasteiger partial charge in [0, 0.05) is 18.8 Å². The summed E-state index contributed by atoms with van der Waals surface area (Å²) in [5.41, 5.74) is 0. The second-order valence-electron chi connectivity index (χ2n) is 4.41. The SMILES string of the molecule is CC1CN(C(=O)C2CSC(=O)N2)CCC1O. The molecule has 2 saturated heterocycles. The maximum atomic E-state index is 12.0. The quantitative estimate of drug-likeness (QED) is 0.683. The molecule has 3 unspecified atom stereocenters. The predicted molar refractivity (Wildman–Crippen MR) is 61.1 cm³/mol. The Hall–Kier alpha value is -0.750. The van der Waals surface area contributed by atoms with Crippen LogP contribution < -0.4 is 5.32 Å². The molecular weight excluding hydrogens is 228 g/mol. The number of thioether (sulfide) groups is 1. The van der Waals surface area contributed by atoms with E-state index in [-0.39, 0.29) is 29.2 Å². The van der Waals surface area contributed by atoms with Crippen molar-refractivity contribution < 1.29 is 14.7 Å².